The number of phenolic OH excluding ortho intramolecular Hbond substituents is 2. The van der Waals surface area contributed by atoms with E-state index in [0.29, 0.717) is 17.5 Å². The fourth-order valence-electron chi connectivity index (χ4n) is 3.99. The summed E-state index contributed by atoms with van der Waals surface area (Å²) in [5, 5.41) is 30.6. The molecule has 4 rings (SSSR count). The fourth-order valence-corrected chi connectivity index (χ4v) is 3.99. The number of carbonyl (C=O) groups excluding carboxylic acids is 2. The summed E-state index contributed by atoms with van der Waals surface area (Å²) in [6.45, 7) is 3.33. The van der Waals surface area contributed by atoms with Crippen LogP contribution in [0.3, 0.4) is 0 Å². The first kappa shape index (κ1) is 20.5. The number of aliphatic hydroxyl groups excluding tert-OH is 1. The number of ether oxygens (including phenoxy) is 2. The summed E-state index contributed by atoms with van der Waals surface area (Å²) >= 11 is 0. The lowest BCUT2D eigenvalue weighted by Crippen LogP contribution is -2.51. The Hall–Kier alpha value is -2.78. The standard InChI is InChI=1S/C22H23NO7/c1-9-11(8-29-16-7-14(23)20(26)10(2)30-16)6-13-18(19(9)25)22(28)17-12(21(13)27)4-3-5-15(17)24/h3-6,10,14,16,20,24-26H,7-8,23H2,1-2H3/t10-,14-,16+,20+/m0/s1. The first-order valence-corrected chi connectivity index (χ1v) is 9.68. The maximum absolute atomic E-state index is 13.0. The molecule has 0 bridgehead atoms. The molecule has 1 fully saturated rings. The Morgan fingerprint density at radius 1 is 1.17 bits per heavy atom. The number of carbonyl (C=O) groups is 2. The van der Waals surface area contributed by atoms with E-state index in [9.17, 15) is 24.9 Å². The summed E-state index contributed by atoms with van der Waals surface area (Å²) < 4.78 is 11.4. The van der Waals surface area contributed by atoms with Crippen molar-refractivity contribution in [2.45, 2.75) is 51.4 Å². The van der Waals surface area contributed by atoms with Crippen molar-refractivity contribution in [3.8, 4) is 11.5 Å². The van der Waals surface area contributed by atoms with E-state index in [0.717, 1.165) is 0 Å². The van der Waals surface area contributed by atoms with Crippen LogP contribution in [-0.2, 0) is 16.1 Å². The minimum absolute atomic E-state index is 0.0151. The van der Waals surface area contributed by atoms with Crippen LogP contribution in [0.4, 0.5) is 0 Å². The highest BCUT2D eigenvalue weighted by Crippen LogP contribution is 2.39. The van der Waals surface area contributed by atoms with E-state index in [1.807, 2.05) is 0 Å². The van der Waals surface area contributed by atoms with Gasteiger partial charge in [-0.25, -0.2) is 0 Å². The summed E-state index contributed by atoms with van der Waals surface area (Å²) in [6, 6.07) is 5.32. The van der Waals surface area contributed by atoms with Crippen LogP contribution in [0, 0.1) is 6.92 Å². The molecule has 30 heavy (non-hydrogen) atoms. The normalized spacial score (nSPS) is 25.7. The Labute approximate surface area is 172 Å². The molecule has 0 spiro atoms. The summed E-state index contributed by atoms with van der Waals surface area (Å²) in [4.78, 5) is 25.9. The Morgan fingerprint density at radius 2 is 1.90 bits per heavy atom. The zero-order chi connectivity index (χ0) is 21.7. The van der Waals surface area contributed by atoms with Crippen molar-refractivity contribution in [2.24, 2.45) is 5.73 Å². The molecule has 1 saturated heterocycles. The Balaban J connectivity index is 1.65. The van der Waals surface area contributed by atoms with Crippen molar-refractivity contribution < 1.29 is 34.4 Å². The summed E-state index contributed by atoms with van der Waals surface area (Å²) in [7, 11) is 0. The van der Waals surface area contributed by atoms with Gasteiger partial charge in [0.05, 0.1) is 29.9 Å². The van der Waals surface area contributed by atoms with Crippen molar-refractivity contribution in [3.05, 3.63) is 57.6 Å². The van der Waals surface area contributed by atoms with Crippen molar-refractivity contribution in [3.63, 3.8) is 0 Å². The van der Waals surface area contributed by atoms with Gasteiger partial charge in [0.25, 0.3) is 0 Å². The summed E-state index contributed by atoms with van der Waals surface area (Å²) in [6.07, 6.45) is -1.61. The Kier molecular flexibility index (Phi) is 5.11. The first-order valence-electron chi connectivity index (χ1n) is 9.68. The monoisotopic (exact) mass is 413 g/mol. The van der Waals surface area contributed by atoms with E-state index in [1.54, 1.807) is 13.8 Å². The number of ketones is 2. The molecule has 5 N–H and O–H groups in total. The maximum Gasteiger partial charge on any atom is 0.201 e. The Bertz CT molecular complexity index is 1040. The molecule has 2 aromatic rings. The zero-order valence-corrected chi connectivity index (χ0v) is 16.6. The molecule has 0 aromatic heterocycles. The van der Waals surface area contributed by atoms with Crippen LogP contribution in [0.1, 0.15) is 56.3 Å². The quantitative estimate of drug-likeness (QED) is 0.507. The highest BCUT2D eigenvalue weighted by atomic mass is 16.7. The van der Waals surface area contributed by atoms with Gasteiger partial charge in [-0.1, -0.05) is 12.1 Å². The maximum atomic E-state index is 13.0. The van der Waals surface area contributed by atoms with Gasteiger partial charge in [0.2, 0.25) is 5.78 Å². The number of fused-ring (bicyclic) bond motifs is 2. The predicted octanol–water partition coefficient (Wildman–Crippen LogP) is 1.52. The zero-order valence-electron chi connectivity index (χ0n) is 16.6. The number of benzene rings is 2. The number of hydrogen-bond donors (Lipinski definition) is 4. The molecule has 0 saturated carbocycles. The van der Waals surface area contributed by atoms with E-state index in [2.05, 4.69) is 0 Å². The number of aromatic hydroxyl groups is 2. The van der Waals surface area contributed by atoms with Crippen LogP contribution in [0.15, 0.2) is 24.3 Å². The molecule has 8 nitrogen and oxygen atoms in total. The summed E-state index contributed by atoms with van der Waals surface area (Å²) in [5.41, 5.74) is 6.74. The molecule has 1 aliphatic heterocycles. The van der Waals surface area contributed by atoms with Crippen molar-refractivity contribution in [1.29, 1.82) is 0 Å². The molecule has 1 heterocycles. The van der Waals surface area contributed by atoms with E-state index >= 15 is 0 Å². The molecular formula is C22H23NO7. The van der Waals surface area contributed by atoms with E-state index < -0.39 is 36.1 Å². The van der Waals surface area contributed by atoms with Crippen molar-refractivity contribution in [1.82, 2.24) is 0 Å². The van der Waals surface area contributed by atoms with Gasteiger partial charge in [-0.15, -0.1) is 0 Å². The minimum atomic E-state index is -0.778. The second-order valence-electron chi connectivity index (χ2n) is 7.76. The lowest BCUT2D eigenvalue weighted by atomic mass is 9.81. The van der Waals surface area contributed by atoms with Crippen molar-refractivity contribution >= 4 is 11.6 Å². The van der Waals surface area contributed by atoms with Gasteiger partial charge in [-0.2, -0.15) is 0 Å². The van der Waals surface area contributed by atoms with Crippen LogP contribution < -0.4 is 5.73 Å². The molecular weight excluding hydrogens is 390 g/mol. The van der Waals surface area contributed by atoms with Crippen LogP contribution in [0.25, 0.3) is 0 Å². The average Bonchev–Trinajstić information content (AvgIpc) is 2.70. The first-order chi connectivity index (χ1) is 14.2. The average molecular weight is 413 g/mol. The number of nitrogens with two attached hydrogens (primary N) is 1. The SMILES string of the molecule is Cc1c(CO[C@H]2C[C@H](N)[C@H](O)[C@H](C)O2)cc2c(c1O)C(=O)c1c(O)cccc1C2=O. The molecule has 0 amide bonds. The number of aliphatic hydroxyl groups is 1. The molecule has 8 heteroatoms. The highest BCUT2D eigenvalue weighted by Gasteiger charge is 2.36. The Morgan fingerprint density at radius 3 is 2.60 bits per heavy atom. The predicted molar refractivity (Wildman–Crippen MR) is 106 cm³/mol. The number of hydrogen-bond acceptors (Lipinski definition) is 8. The van der Waals surface area contributed by atoms with Gasteiger partial charge < -0.3 is 30.5 Å². The van der Waals surface area contributed by atoms with Gasteiger partial charge >= 0.3 is 0 Å². The fraction of sp³-hybridized carbons (Fsp3) is 0.364. The molecule has 2 aromatic carbocycles. The second kappa shape index (κ2) is 7.48. The second-order valence-corrected chi connectivity index (χ2v) is 7.76. The molecule has 158 valence electrons. The molecule has 4 atom stereocenters. The largest absolute Gasteiger partial charge is 0.507 e. The van der Waals surface area contributed by atoms with E-state index in [1.165, 1.54) is 24.3 Å². The number of phenols is 2. The van der Waals surface area contributed by atoms with Crippen LogP contribution in [-0.4, -0.2) is 51.4 Å². The lowest BCUT2D eigenvalue weighted by molar-refractivity contribution is -0.226. The highest BCUT2D eigenvalue weighted by molar-refractivity contribution is 6.30. The minimum Gasteiger partial charge on any atom is -0.507 e. The summed E-state index contributed by atoms with van der Waals surface area (Å²) in [5.74, 6) is -1.68. The molecule has 1 aliphatic carbocycles. The lowest BCUT2D eigenvalue weighted by Gasteiger charge is -2.36. The third kappa shape index (κ3) is 3.18. The van der Waals surface area contributed by atoms with Gasteiger partial charge in [-0.05, 0) is 37.1 Å². The van der Waals surface area contributed by atoms with Crippen molar-refractivity contribution in [2.75, 3.05) is 0 Å². The van der Waals surface area contributed by atoms with Crippen LogP contribution in [0.5, 0.6) is 11.5 Å². The molecule has 0 unspecified atom stereocenters. The van der Waals surface area contributed by atoms with E-state index in [4.69, 9.17) is 15.2 Å². The van der Waals surface area contributed by atoms with Gasteiger partial charge in [-0.3, -0.25) is 9.59 Å². The third-order valence-corrected chi connectivity index (χ3v) is 5.82. The van der Waals surface area contributed by atoms with Gasteiger partial charge in [0, 0.05) is 23.6 Å². The van der Waals surface area contributed by atoms with E-state index in [-0.39, 0.29) is 40.4 Å². The van der Waals surface area contributed by atoms with Gasteiger partial charge in [0.1, 0.15) is 11.5 Å². The smallest absolute Gasteiger partial charge is 0.201 e. The van der Waals surface area contributed by atoms with Crippen LogP contribution >= 0.6 is 0 Å². The topological polar surface area (TPSA) is 139 Å². The number of rotatable bonds is 3. The molecule has 2 aliphatic rings. The molecule has 0 radical (unpaired) electrons. The van der Waals surface area contributed by atoms with Crippen LogP contribution in [0.2, 0.25) is 0 Å². The van der Waals surface area contributed by atoms with Gasteiger partial charge in [0.15, 0.2) is 12.1 Å². The third-order valence-electron chi connectivity index (χ3n) is 5.82.